The van der Waals surface area contributed by atoms with Gasteiger partial charge in [0.05, 0.1) is 0 Å². The number of phenolic OH excluding ortho intramolecular Hbond substituents is 2. The molecule has 0 aliphatic rings. The van der Waals surface area contributed by atoms with Crippen LogP contribution in [0.4, 0.5) is 0 Å². The maximum Gasteiger partial charge on any atom is 0.218 e. The predicted octanol–water partition coefficient (Wildman–Crippen LogP) is 6.49. The summed E-state index contributed by atoms with van der Waals surface area (Å²) in [6.07, 6.45) is 3.71. The minimum Gasteiger partial charge on any atom is -0.507 e. The van der Waals surface area contributed by atoms with Gasteiger partial charge in [0.25, 0.3) is 0 Å². The lowest BCUT2D eigenvalue weighted by Gasteiger charge is -2.26. The van der Waals surface area contributed by atoms with E-state index in [4.69, 9.17) is 11.5 Å². The van der Waals surface area contributed by atoms with E-state index in [0.717, 1.165) is 59.1 Å². The molecule has 0 saturated carbocycles. The minimum atomic E-state index is -0.348. The van der Waals surface area contributed by atoms with Crippen LogP contribution in [-0.2, 0) is 20.4 Å². The molecular formula is C32H48N2O4. The molecule has 0 spiro atoms. The first-order valence-electron chi connectivity index (χ1n) is 13.7. The zero-order chi connectivity index (χ0) is 29.0. The molecule has 2 rings (SSSR count). The highest BCUT2D eigenvalue weighted by Crippen LogP contribution is 2.40. The van der Waals surface area contributed by atoms with E-state index in [1.807, 2.05) is 38.1 Å². The molecule has 210 valence electrons. The molecule has 0 fully saturated rings. The number of amides is 2. The van der Waals surface area contributed by atoms with Crippen molar-refractivity contribution in [2.75, 3.05) is 0 Å². The van der Waals surface area contributed by atoms with Crippen molar-refractivity contribution in [3.63, 3.8) is 0 Å². The highest BCUT2D eigenvalue weighted by atomic mass is 16.3. The Morgan fingerprint density at radius 3 is 1.26 bits per heavy atom. The lowest BCUT2D eigenvalue weighted by molar-refractivity contribution is -0.119. The summed E-state index contributed by atoms with van der Waals surface area (Å²) in [5, 5.41) is 21.3. The van der Waals surface area contributed by atoms with E-state index < -0.39 is 0 Å². The van der Waals surface area contributed by atoms with E-state index in [1.165, 1.54) is 0 Å². The number of aryl methyl sites for hydroxylation is 2. The summed E-state index contributed by atoms with van der Waals surface area (Å²) in [5.41, 5.74) is 16.1. The van der Waals surface area contributed by atoms with E-state index in [-0.39, 0.29) is 47.3 Å². The lowest BCUT2D eigenvalue weighted by atomic mass is 9.80. The predicted molar refractivity (Wildman–Crippen MR) is 155 cm³/mol. The molecule has 2 atom stereocenters. The third-order valence-corrected chi connectivity index (χ3v) is 7.45. The van der Waals surface area contributed by atoms with Gasteiger partial charge in [0.2, 0.25) is 11.8 Å². The Kier molecular flexibility index (Phi) is 10.0. The number of benzene rings is 2. The molecule has 0 aliphatic heterocycles. The minimum absolute atomic E-state index is 0.0501. The summed E-state index contributed by atoms with van der Waals surface area (Å²) in [6, 6.07) is 7.95. The highest BCUT2D eigenvalue weighted by molar-refractivity contribution is 5.75. The fraction of sp³-hybridized carbons (Fsp3) is 0.562. The normalized spacial score (nSPS) is 13.8. The van der Waals surface area contributed by atoms with Gasteiger partial charge in [-0.15, -0.1) is 0 Å². The van der Waals surface area contributed by atoms with Gasteiger partial charge in [-0.1, -0.05) is 78.6 Å². The van der Waals surface area contributed by atoms with Crippen LogP contribution in [0.5, 0.6) is 11.5 Å². The number of phenols is 2. The smallest absolute Gasteiger partial charge is 0.218 e. The molecule has 0 aliphatic carbocycles. The number of carbonyl (C=O) groups excluding carboxylic acids is 2. The molecule has 2 amide bonds. The molecule has 2 aromatic carbocycles. The van der Waals surface area contributed by atoms with Crippen LogP contribution < -0.4 is 11.5 Å². The average Bonchev–Trinajstić information content (AvgIpc) is 2.76. The maximum atomic E-state index is 11.9. The Hall–Kier alpha value is -3.02. The van der Waals surface area contributed by atoms with Crippen molar-refractivity contribution >= 4 is 11.8 Å². The van der Waals surface area contributed by atoms with Gasteiger partial charge >= 0.3 is 0 Å². The van der Waals surface area contributed by atoms with Crippen LogP contribution in [-0.4, -0.2) is 22.0 Å². The number of unbranched alkanes of at least 4 members (excludes halogenated alkanes) is 1. The SMILES string of the molecule is Cc1cc(C(CCCCC(CC(N)=O)c2cc(C)c(O)c(C(C)(C)C)c2)CC(N)=O)cc(C(C)(C)C)c1O. The molecule has 0 bridgehead atoms. The monoisotopic (exact) mass is 524 g/mol. The Morgan fingerprint density at radius 1 is 0.684 bits per heavy atom. The van der Waals surface area contributed by atoms with Gasteiger partial charge in [0.15, 0.2) is 0 Å². The third-order valence-electron chi connectivity index (χ3n) is 7.45. The number of nitrogens with two attached hydrogens (primary N) is 2. The van der Waals surface area contributed by atoms with Crippen molar-refractivity contribution in [3.05, 3.63) is 57.6 Å². The summed E-state index contributed by atoms with van der Waals surface area (Å²) in [4.78, 5) is 23.9. The molecule has 6 nitrogen and oxygen atoms in total. The summed E-state index contributed by atoms with van der Waals surface area (Å²) >= 11 is 0. The molecule has 2 aromatic rings. The Labute approximate surface area is 228 Å². The number of rotatable bonds is 11. The largest absolute Gasteiger partial charge is 0.507 e. The molecule has 6 N–H and O–H groups in total. The fourth-order valence-electron chi connectivity index (χ4n) is 5.27. The van der Waals surface area contributed by atoms with Crippen molar-refractivity contribution in [1.82, 2.24) is 0 Å². The summed E-state index contributed by atoms with van der Waals surface area (Å²) < 4.78 is 0. The van der Waals surface area contributed by atoms with Crippen LogP contribution in [0, 0.1) is 13.8 Å². The molecule has 0 heterocycles. The van der Waals surface area contributed by atoms with E-state index in [1.54, 1.807) is 0 Å². The van der Waals surface area contributed by atoms with Crippen molar-refractivity contribution in [2.24, 2.45) is 11.5 Å². The van der Waals surface area contributed by atoms with E-state index in [2.05, 4.69) is 41.5 Å². The Morgan fingerprint density at radius 2 is 1.00 bits per heavy atom. The summed E-state index contributed by atoms with van der Waals surface area (Å²) in [7, 11) is 0. The number of aromatic hydroxyl groups is 2. The van der Waals surface area contributed by atoms with E-state index in [9.17, 15) is 19.8 Å². The van der Waals surface area contributed by atoms with Gasteiger partial charge in [-0.2, -0.15) is 0 Å². The van der Waals surface area contributed by atoms with Crippen LogP contribution >= 0.6 is 0 Å². The zero-order valence-corrected chi connectivity index (χ0v) is 24.6. The van der Waals surface area contributed by atoms with Crippen LogP contribution in [0.2, 0.25) is 0 Å². The highest BCUT2D eigenvalue weighted by Gasteiger charge is 2.25. The molecule has 6 heteroatoms. The average molecular weight is 525 g/mol. The first kappa shape index (κ1) is 31.2. The second-order valence-electron chi connectivity index (χ2n) is 13.0. The van der Waals surface area contributed by atoms with E-state index >= 15 is 0 Å². The molecule has 0 radical (unpaired) electrons. The molecule has 38 heavy (non-hydrogen) atoms. The first-order chi connectivity index (χ1) is 17.4. The number of hydrogen-bond donors (Lipinski definition) is 4. The van der Waals surface area contributed by atoms with Gasteiger partial charge in [0, 0.05) is 12.8 Å². The van der Waals surface area contributed by atoms with Gasteiger partial charge in [0.1, 0.15) is 11.5 Å². The summed E-state index contributed by atoms with van der Waals surface area (Å²) in [5.74, 6) is -0.200. The second kappa shape index (κ2) is 12.2. The van der Waals surface area contributed by atoms with Gasteiger partial charge in [-0.3, -0.25) is 9.59 Å². The second-order valence-corrected chi connectivity index (χ2v) is 13.0. The summed E-state index contributed by atoms with van der Waals surface area (Å²) in [6.45, 7) is 16.1. The maximum absolute atomic E-state index is 11.9. The third kappa shape index (κ3) is 8.24. The Bertz CT molecular complexity index is 1060. The fourth-order valence-corrected chi connectivity index (χ4v) is 5.27. The van der Waals surface area contributed by atoms with Crippen LogP contribution in [0.15, 0.2) is 24.3 Å². The van der Waals surface area contributed by atoms with Crippen LogP contribution in [0.1, 0.15) is 125 Å². The molecular weight excluding hydrogens is 476 g/mol. The van der Waals surface area contributed by atoms with Crippen molar-refractivity contribution in [3.8, 4) is 11.5 Å². The van der Waals surface area contributed by atoms with Crippen LogP contribution in [0.25, 0.3) is 0 Å². The lowest BCUT2D eigenvalue weighted by Crippen LogP contribution is -2.18. The van der Waals surface area contributed by atoms with Gasteiger partial charge in [-0.25, -0.2) is 0 Å². The van der Waals surface area contributed by atoms with Crippen molar-refractivity contribution in [2.45, 2.75) is 117 Å². The van der Waals surface area contributed by atoms with Gasteiger partial charge < -0.3 is 21.7 Å². The number of primary amides is 2. The molecule has 0 saturated heterocycles. The Balaban J connectivity index is 2.25. The van der Waals surface area contributed by atoms with Gasteiger partial charge in [-0.05, 0) is 82.7 Å². The molecule has 0 aromatic heterocycles. The number of hydrogen-bond acceptors (Lipinski definition) is 4. The van der Waals surface area contributed by atoms with Crippen LogP contribution in [0.3, 0.4) is 0 Å². The first-order valence-corrected chi connectivity index (χ1v) is 13.7. The molecule has 2 unspecified atom stereocenters. The topological polar surface area (TPSA) is 127 Å². The van der Waals surface area contributed by atoms with Crippen molar-refractivity contribution < 1.29 is 19.8 Å². The standard InChI is InChI=1S/C32H48N2O4/c1-19-13-23(15-25(29(19)37)31(3,4)5)21(17-27(33)35)11-9-10-12-22(18-28(34)36)24-14-20(2)30(38)26(16-24)32(6,7)8/h13-16,21-22,37-38H,9-12,17-18H2,1-8H3,(H2,33,35)(H2,34,36). The quantitative estimate of drug-likeness (QED) is 0.251. The number of carbonyl (C=O) groups is 2. The zero-order valence-electron chi connectivity index (χ0n) is 24.6. The van der Waals surface area contributed by atoms with Crippen molar-refractivity contribution in [1.29, 1.82) is 0 Å². The van der Waals surface area contributed by atoms with E-state index in [0.29, 0.717) is 11.5 Å².